The number of ether oxygens (including phenoxy) is 1. The van der Waals surface area contributed by atoms with E-state index in [0.717, 1.165) is 43.5 Å². The molecule has 1 aliphatic heterocycles. The third-order valence-corrected chi connectivity index (χ3v) is 6.67. The molecule has 2 aromatic carbocycles. The number of unbranched alkanes of at least 4 members (excludes halogenated alkanes) is 2. The van der Waals surface area contributed by atoms with Crippen LogP contribution in [0.1, 0.15) is 86.3 Å². The molecule has 1 fully saturated rings. The fourth-order valence-corrected chi connectivity index (χ4v) is 4.51. The van der Waals surface area contributed by atoms with Gasteiger partial charge in [-0.15, -0.1) is 0 Å². The predicted molar refractivity (Wildman–Crippen MR) is 150 cm³/mol. The molecule has 0 amide bonds. The Labute approximate surface area is 227 Å². The molecule has 1 aliphatic rings. The monoisotopic (exact) mass is 535 g/mol. The van der Waals surface area contributed by atoms with E-state index in [9.17, 15) is 13.9 Å². The molecule has 3 rings (SSSR count). The minimum atomic E-state index is -0.485. The van der Waals surface area contributed by atoms with Crippen molar-refractivity contribution in [3.8, 4) is 0 Å². The summed E-state index contributed by atoms with van der Waals surface area (Å²) < 4.78 is 32.8. The van der Waals surface area contributed by atoms with Crippen molar-refractivity contribution in [1.29, 1.82) is 0 Å². The summed E-state index contributed by atoms with van der Waals surface area (Å²) >= 11 is 0. The van der Waals surface area contributed by atoms with Crippen molar-refractivity contribution in [1.82, 2.24) is 4.90 Å². The lowest BCUT2D eigenvalue weighted by molar-refractivity contribution is -0.122. The van der Waals surface area contributed by atoms with Crippen molar-refractivity contribution in [3.63, 3.8) is 0 Å². The number of likely N-dealkylation sites (tertiary alicyclic amines) is 1. The molecule has 0 aliphatic carbocycles. The first kappa shape index (κ1) is 33.7. The normalized spacial score (nSPS) is 14.6. The Hall–Kier alpha value is -2.35. The van der Waals surface area contributed by atoms with Crippen molar-refractivity contribution in [2.75, 3.05) is 26.2 Å². The number of hydrogen-bond donors (Lipinski definition) is 2. The van der Waals surface area contributed by atoms with E-state index in [0.29, 0.717) is 24.3 Å². The minimum absolute atomic E-state index is 0.116. The number of aryl methyl sites for hydroxylation is 4. The van der Waals surface area contributed by atoms with E-state index in [-0.39, 0.29) is 24.2 Å². The summed E-state index contributed by atoms with van der Waals surface area (Å²) in [5.74, 6) is -0.283. The van der Waals surface area contributed by atoms with Gasteiger partial charge in [-0.1, -0.05) is 44.9 Å². The summed E-state index contributed by atoms with van der Waals surface area (Å²) in [6.07, 6.45) is 7.00. The predicted octanol–water partition coefficient (Wildman–Crippen LogP) is 6.93. The molecule has 0 radical (unpaired) electrons. The number of β-amino-alcohol motifs (C(OH)–C–C–N with tert-alkyl or cyclic N) is 1. The Morgan fingerprint density at radius 1 is 1.00 bits per heavy atom. The molecule has 0 saturated carbocycles. The smallest absolute Gasteiger partial charge is 0.290 e. The lowest BCUT2D eigenvalue weighted by Gasteiger charge is -2.24. The summed E-state index contributed by atoms with van der Waals surface area (Å²) in [7, 11) is 0. The molecule has 1 heterocycles. The zero-order valence-corrected chi connectivity index (χ0v) is 23.8. The molecule has 2 N–H and O–H groups in total. The van der Waals surface area contributed by atoms with Crippen LogP contribution in [0, 0.1) is 32.4 Å². The summed E-state index contributed by atoms with van der Waals surface area (Å²) in [5, 5.41) is 17.2. The van der Waals surface area contributed by atoms with Crippen molar-refractivity contribution >= 4 is 6.47 Å². The van der Waals surface area contributed by atoms with Gasteiger partial charge in [0.05, 0.1) is 18.8 Å². The SMILES string of the molecule is CCCCCc1cc(C)c(F)cc1C(CC)OCC(O)CN1CCCC1.Cc1ccc(C)c(F)c1.O=CO. The Morgan fingerprint density at radius 2 is 1.63 bits per heavy atom. The number of hydrogen-bond acceptors (Lipinski definition) is 4. The molecule has 0 aromatic heterocycles. The summed E-state index contributed by atoms with van der Waals surface area (Å²) in [4.78, 5) is 10.6. The lowest BCUT2D eigenvalue weighted by Crippen LogP contribution is -2.33. The van der Waals surface area contributed by atoms with Crippen molar-refractivity contribution in [3.05, 3.63) is 69.8 Å². The van der Waals surface area contributed by atoms with Gasteiger partial charge in [0.1, 0.15) is 11.6 Å². The van der Waals surface area contributed by atoms with Gasteiger partial charge in [0, 0.05) is 6.54 Å². The number of nitrogens with zero attached hydrogens (tertiary/aromatic N) is 1. The van der Waals surface area contributed by atoms with Gasteiger partial charge < -0.3 is 19.8 Å². The van der Waals surface area contributed by atoms with Crippen LogP contribution in [0.5, 0.6) is 0 Å². The van der Waals surface area contributed by atoms with E-state index in [4.69, 9.17) is 14.6 Å². The fourth-order valence-electron chi connectivity index (χ4n) is 4.51. The van der Waals surface area contributed by atoms with Gasteiger partial charge in [0.15, 0.2) is 0 Å². The van der Waals surface area contributed by atoms with E-state index < -0.39 is 6.10 Å². The Bertz CT molecular complexity index is 948. The molecule has 214 valence electrons. The number of carboxylic acid groups (broad SMARTS) is 1. The van der Waals surface area contributed by atoms with Crippen molar-refractivity contribution in [2.24, 2.45) is 0 Å². The maximum Gasteiger partial charge on any atom is 0.290 e. The maximum atomic E-state index is 14.2. The number of aliphatic hydroxyl groups is 1. The van der Waals surface area contributed by atoms with Crippen LogP contribution in [0.4, 0.5) is 8.78 Å². The first-order chi connectivity index (χ1) is 18.2. The molecular formula is C31H47F2NO4. The van der Waals surface area contributed by atoms with Gasteiger partial charge in [-0.25, -0.2) is 8.78 Å². The van der Waals surface area contributed by atoms with Gasteiger partial charge in [0.2, 0.25) is 0 Å². The maximum absolute atomic E-state index is 14.2. The zero-order chi connectivity index (χ0) is 28.5. The Balaban J connectivity index is 0.000000497. The second kappa shape index (κ2) is 18.8. The number of halogens is 2. The van der Waals surface area contributed by atoms with Gasteiger partial charge in [-0.2, -0.15) is 0 Å². The van der Waals surface area contributed by atoms with E-state index in [1.54, 1.807) is 19.1 Å². The molecule has 38 heavy (non-hydrogen) atoms. The second-order valence-corrected chi connectivity index (χ2v) is 10.0. The summed E-state index contributed by atoms with van der Waals surface area (Å²) in [5.41, 5.74) is 4.53. The number of aliphatic hydroxyl groups excluding tert-OH is 1. The molecule has 1 saturated heterocycles. The van der Waals surface area contributed by atoms with Crippen LogP contribution < -0.4 is 0 Å². The van der Waals surface area contributed by atoms with Crippen LogP contribution in [0.3, 0.4) is 0 Å². The summed E-state index contributed by atoms with van der Waals surface area (Å²) in [6, 6.07) is 8.85. The van der Waals surface area contributed by atoms with E-state index in [1.807, 2.05) is 26.0 Å². The highest BCUT2D eigenvalue weighted by atomic mass is 19.1. The molecule has 2 unspecified atom stereocenters. The number of benzene rings is 2. The molecule has 0 bridgehead atoms. The average molecular weight is 536 g/mol. The first-order valence-electron chi connectivity index (χ1n) is 13.8. The quantitative estimate of drug-likeness (QED) is 0.241. The van der Waals surface area contributed by atoms with Crippen molar-refractivity contribution < 1.29 is 28.5 Å². The summed E-state index contributed by atoms with van der Waals surface area (Å²) in [6.45, 7) is 12.6. The second-order valence-electron chi connectivity index (χ2n) is 10.0. The van der Waals surface area contributed by atoms with Crippen LogP contribution >= 0.6 is 0 Å². The van der Waals surface area contributed by atoms with Crippen LogP contribution in [-0.4, -0.2) is 53.9 Å². The Morgan fingerprint density at radius 3 is 2.18 bits per heavy atom. The molecular weight excluding hydrogens is 488 g/mol. The molecule has 0 spiro atoms. The standard InChI is InChI=1S/C22H36FNO2.C8H9F.CH2O2/c1-4-6-7-10-18-13-17(3)21(23)14-20(18)22(5-2)26-16-19(25)15-24-11-8-9-12-24;1-6-3-4-7(2)8(9)5-6;2-1-3/h13-14,19,22,25H,4-12,15-16H2,1-3H3;3-5H,1-2H3;1H,(H,2,3). The van der Waals surface area contributed by atoms with Crippen LogP contribution in [0.25, 0.3) is 0 Å². The fraction of sp³-hybridized carbons (Fsp3) is 0.581. The Kier molecular flexibility index (Phi) is 16.7. The third-order valence-electron chi connectivity index (χ3n) is 6.67. The number of rotatable bonds is 11. The average Bonchev–Trinajstić information content (AvgIpc) is 3.38. The third kappa shape index (κ3) is 12.5. The van der Waals surface area contributed by atoms with Gasteiger partial charge >= 0.3 is 0 Å². The molecule has 7 heteroatoms. The lowest BCUT2D eigenvalue weighted by atomic mass is 9.94. The first-order valence-corrected chi connectivity index (χ1v) is 13.8. The minimum Gasteiger partial charge on any atom is -0.483 e. The van der Waals surface area contributed by atoms with Gasteiger partial charge in [-0.3, -0.25) is 4.79 Å². The van der Waals surface area contributed by atoms with Crippen LogP contribution in [0.2, 0.25) is 0 Å². The highest BCUT2D eigenvalue weighted by Crippen LogP contribution is 2.29. The molecule has 2 atom stereocenters. The highest BCUT2D eigenvalue weighted by Gasteiger charge is 2.20. The van der Waals surface area contributed by atoms with E-state index in [2.05, 4.69) is 18.7 Å². The van der Waals surface area contributed by atoms with E-state index >= 15 is 0 Å². The van der Waals surface area contributed by atoms with Gasteiger partial charge in [-0.05, 0) is 106 Å². The molecule has 2 aromatic rings. The van der Waals surface area contributed by atoms with Crippen LogP contribution in [0.15, 0.2) is 30.3 Å². The topological polar surface area (TPSA) is 70.0 Å². The van der Waals surface area contributed by atoms with Crippen LogP contribution in [-0.2, 0) is 16.0 Å². The zero-order valence-electron chi connectivity index (χ0n) is 23.8. The highest BCUT2D eigenvalue weighted by molar-refractivity contribution is 5.34. The largest absolute Gasteiger partial charge is 0.483 e. The van der Waals surface area contributed by atoms with Gasteiger partial charge in [0.25, 0.3) is 6.47 Å². The molecule has 5 nitrogen and oxygen atoms in total. The number of carbonyl (C=O) groups is 1. The van der Waals surface area contributed by atoms with E-state index in [1.165, 1.54) is 37.3 Å². The van der Waals surface area contributed by atoms with Crippen molar-refractivity contribution in [2.45, 2.75) is 91.8 Å².